The summed E-state index contributed by atoms with van der Waals surface area (Å²) in [5.74, 6) is 0.534. The van der Waals surface area contributed by atoms with Gasteiger partial charge in [-0.25, -0.2) is 0 Å². The number of hydrogen-bond acceptors (Lipinski definition) is 5. The predicted molar refractivity (Wildman–Crippen MR) is 76.1 cm³/mol. The van der Waals surface area contributed by atoms with Crippen LogP contribution in [0.3, 0.4) is 0 Å². The maximum Gasteiger partial charge on any atom is 0.233 e. The fourth-order valence-corrected chi connectivity index (χ4v) is 2.46. The van der Waals surface area contributed by atoms with Crippen LogP contribution in [0.25, 0.3) is 11.4 Å². The molecule has 3 rings (SSSR count). The molecule has 104 valence electrons. The quantitative estimate of drug-likeness (QED) is 0.925. The minimum atomic E-state index is 0.0544. The number of nitrogens with two attached hydrogens (primary N) is 1. The van der Waals surface area contributed by atoms with Gasteiger partial charge in [-0.05, 0) is 37.5 Å². The molecule has 0 radical (unpaired) electrons. The van der Waals surface area contributed by atoms with E-state index in [1.54, 1.807) is 6.20 Å². The van der Waals surface area contributed by atoms with Crippen LogP contribution in [0, 0.1) is 0 Å². The maximum absolute atomic E-state index is 6.06. The Labute approximate surface area is 118 Å². The van der Waals surface area contributed by atoms with Crippen molar-refractivity contribution in [3.63, 3.8) is 0 Å². The van der Waals surface area contributed by atoms with E-state index in [4.69, 9.17) is 10.5 Å². The molecule has 2 N–H and O–H groups in total. The van der Waals surface area contributed by atoms with Gasteiger partial charge in [0.2, 0.25) is 5.88 Å². The molecule has 0 saturated heterocycles. The van der Waals surface area contributed by atoms with Gasteiger partial charge in [-0.15, -0.1) is 10.2 Å². The molecule has 0 spiro atoms. The highest BCUT2D eigenvalue weighted by atomic mass is 16.5. The van der Waals surface area contributed by atoms with E-state index in [1.165, 1.54) is 6.42 Å². The molecular formula is C15H18N4O. The molecule has 1 aliphatic carbocycles. The van der Waals surface area contributed by atoms with Gasteiger partial charge in [-0.2, -0.15) is 0 Å². The van der Waals surface area contributed by atoms with E-state index < -0.39 is 0 Å². The third kappa shape index (κ3) is 2.93. The molecule has 2 heterocycles. The number of rotatable bonds is 3. The first kappa shape index (κ1) is 13.0. The summed E-state index contributed by atoms with van der Waals surface area (Å²) in [6.45, 7) is 0. The summed E-state index contributed by atoms with van der Waals surface area (Å²) in [5, 5.41) is 8.28. The second-order valence-corrected chi connectivity index (χ2v) is 5.08. The number of pyridine rings is 1. The second-order valence-electron chi connectivity index (χ2n) is 5.08. The van der Waals surface area contributed by atoms with Crippen molar-refractivity contribution < 1.29 is 4.74 Å². The van der Waals surface area contributed by atoms with E-state index in [-0.39, 0.29) is 12.1 Å². The van der Waals surface area contributed by atoms with Crippen LogP contribution in [-0.2, 0) is 0 Å². The normalized spacial score (nSPS) is 22.4. The van der Waals surface area contributed by atoms with Crippen molar-refractivity contribution in [3.05, 3.63) is 36.5 Å². The molecule has 2 aromatic heterocycles. The monoisotopic (exact) mass is 270 g/mol. The average Bonchev–Trinajstić information content (AvgIpc) is 2.51. The van der Waals surface area contributed by atoms with Gasteiger partial charge in [0.1, 0.15) is 11.8 Å². The molecule has 0 unspecified atom stereocenters. The lowest BCUT2D eigenvalue weighted by atomic mass is 9.93. The molecule has 20 heavy (non-hydrogen) atoms. The molecule has 2 atom stereocenters. The summed E-state index contributed by atoms with van der Waals surface area (Å²) in [6.07, 6.45) is 6.15. The van der Waals surface area contributed by atoms with Crippen LogP contribution in [0.15, 0.2) is 36.5 Å². The molecule has 0 aromatic carbocycles. The van der Waals surface area contributed by atoms with Gasteiger partial charge >= 0.3 is 0 Å². The Bertz CT molecular complexity index is 544. The second kappa shape index (κ2) is 5.96. The zero-order valence-corrected chi connectivity index (χ0v) is 11.3. The lowest BCUT2D eigenvalue weighted by Gasteiger charge is -2.28. The van der Waals surface area contributed by atoms with Crippen molar-refractivity contribution in [1.29, 1.82) is 0 Å². The fourth-order valence-electron chi connectivity index (χ4n) is 2.46. The van der Waals surface area contributed by atoms with Crippen LogP contribution in [-0.4, -0.2) is 27.3 Å². The van der Waals surface area contributed by atoms with Gasteiger partial charge in [0.25, 0.3) is 0 Å². The highest BCUT2D eigenvalue weighted by Crippen LogP contribution is 2.22. The predicted octanol–water partition coefficient (Wildman–Crippen LogP) is 2.19. The number of hydrogen-bond donors (Lipinski definition) is 1. The van der Waals surface area contributed by atoms with Crippen molar-refractivity contribution in [3.8, 4) is 17.3 Å². The Morgan fingerprint density at radius 2 is 1.90 bits per heavy atom. The topological polar surface area (TPSA) is 73.9 Å². The van der Waals surface area contributed by atoms with Crippen molar-refractivity contribution >= 4 is 0 Å². The van der Waals surface area contributed by atoms with Gasteiger partial charge in [0.15, 0.2) is 0 Å². The SMILES string of the molecule is N[C@@H]1CCCC[C@H]1Oc1ccc(-c2ccccn2)nn1. The third-order valence-corrected chi connectivity index (χ3v) is 3.59. The molecule has 5 nitrogen and oxygen atoms in total. The van der Waals surface area contributed by atoms with Gasteiger partial charge in [-0.1, -0.05) is 12.5 Å². The summed E-state index contributed by atoms with van der Waals surface area (Å²) in [4.78, 5) is 4.24. The molecule has 1 fully saturated rings. The van der Waals surface area contributed by atoms with E-state index in [1.807, 2.05) is 30.3 Å². The Morgan fingerprint density at radius 1 is 1.00 bits per heavy atom. The molecule has 1 saturated carbocycles. The number of ether oxygens (including phenoxy) is 1. The van der Waals surface area contributed by atoms with E-state index in [0.29, 0.717) is 5.88 Å². The maximum atomic E-state index is 6.06. The van der Waals surface area contributed by atoms with Gasteiger partial charge < -0.3 is 10.5 Å². The summed E-state index contributed by atoms with van der Waals surface area (Å²) in [5.41, 5.74) is 7.61. The van der Waals surface area contributed by atoms with Crippen LogP contribution in [0.5, 0.6) is 5.88 Å². The van der Waals surface area contributed by atoms with Crippen LogP contribution in [0.2, 0.25) is 0 Å². The van der Waals surface area contributed by atoms with Crippen LogP contribution in [0.1, 0.15) is 25.7 Å². The third-order valence-electron chi connectivity index (χ3n) is 3.59. The Morgan fingerprint density at radius 3 is 2.60 bits per heavy atom. The standard InChI is InChI=1S/C15H18N4O/c16-11-5-1-2-7-14(11)20-15-9-8-13(18-19-15)12-6-3-4-10-17-12/h3-4,6,8-11,14H,1-2,5,7,16H2/t11-,14-/m1/s1. The van der Waals surface area contributed by atoms with E-state index in [0.717, 1.165) is 30.7 Å². The molecule has 1 aliphatic rings. The zero-order valence-electron chi connectivity index (χ0n) is 11.3. The smallest absolute Gasteiger partial charge is 0.233 e. The Balaban J connectivity index is 1.70. The van der Waals surface area contributed by atoms with Crippen LogP contribution >= 0.6 is 0 Å². The number of aromatic nitrogens is 3. The lowest BCUT2D eigenvalue weighted by Crippen LogP contribution is -2.41. The van der Waals surface area contributed by atoms with Crippen molar-refractivity contribution in [2.45, 2.75) is 37.8 Å². The number of nitrogens with zero attached hydrogens (tertiary/aromatic N) is 3. The fraction of sp³-hybridized carbons (Fsp3) is 0.400. The Kier molecular flexibility index (Phi) is 3.87. The minimum absolute atomic E-state index is 0.0544. The molecule has 0 amide bonds. The first-order valence-corrected chi connectivity index (χ1v) is 7.00. The first-order valence-electron chi connectivity index (χ1n) is 7.00. The van der Waals surface area contributed by atoms with Crippen molar-refractivity contribution in [2.24, 2.45) is 5.73 Å². The average molecular weight is 270 g/mol. The highest BCUT2D eigenvalue weighted by Gasteiger charge is 2.23. The molecule has 0 bridgehead atoms. The highest BCUT2D eigenvalue weighted by molar-refractivity contribution is 5.52. The largest absolute Gasteiger partial charge is 0.472 e. The van der Waals surface area contributed by atoms with Crippen molar-refractivity contribution in [2.75, 3.05) is 0 Å². The van der Waals surface area contributed by atoms with Gasteiger partial charge in [0.05, 0.1) is 5.69 Å². The van der Waals surface area contributed by atoms with E-state index >= 15 is 0 Å². The van der Waals surface area contributed by atoms with E-state index in [2.05, 4.69) is 15.2 Å². The van der Waals surface area contributed by atoms with E-state index in [9.17, 15) is 0 Å². The summed E-state index contributed by atoms with van der Waals surface area (Å²) < 4.78 is 5.84. The molecule has 5 heteroatoms. The van der Waals surface area contributed by atoms with Crippen LogP contribution in [0.4, 0.5) is 0 Å². The Hall–Kier alpha value is -2.01. The summed E-state index contributed by atoms with van der Waals surface area (Å²) in [6, 6.07) is 9.51. The molecule has 2 aromatic rings. The minimum Gasteiger partial charge on any atom is -0.472 e. The summed E-state index contributed by atoms with van der Waals surface area (Å²) >= 11 is 0. The molecular weight excluding hydrogens is 252 g/mol. The summed E-state index contributed by atoms with van der Waals surface area (Å²) in [7, 11) is 0. The lowest BCUT2D eigenvalue weighted by molar-refractivity contribution is 0.125. The van der Waals surface area contributed by atoms with Gasteiger partial charge in [0, 0.05) is 18.3 Å². The van der Waals surface area contributed by atoms with Crippen molar-refractivity contribution in [1.82, 2.24) is 15.2 Å². The molecule has 0 aliphatic heterocycles. The van der Waals surface area contributed by atoms with Crippen LogP contribution < -0.4 is 10.5 Å². The first-order chi connectivity index (χ1) is 9.83. The zero-order chi connectivity index (χ0) is 13.8. The van der Waals surface area contributed by atoms with Gasteiger partial charge in [-0.3, -0.25) is 4.98 Å².